The standard InChI is InChI=1S/C23H35N5O2/c1-6-27(22(29)30-23(2,3)4)17-20-11-13-28(14-12-20)21(25-5)26-16-19-9-7-18(15-24)8-10-19/h7-10,20H,6,11-14,16-17H2,1-5H3,(H,25,26). The third-order valence-corrected chi connectivity index (χ3v) is 5.17. The number of aliphatic imine (C=N–C) groups is 1. The normalized spacial score (nSPS) is 15.5. The van der Waals surface area contributed by atoms with Crippen LogP contribution in [0.3, 0.4) is 0 Å². The fourth-order valence-electron chi connectivity index (χ4n) is 3.51. The Morgan fingerprint density at radius 1 is 1.30 bits per heavy atom. The molecule has 0 atom stereocenters. The molecule has 1 aliphatic heterocycles. The Labute approximate surface area is 180 Å². The number of hydrogen-bond donors (Lipinski definition) is 1. The maximum atomic E-state index is 12.4. The minimum absolute atomic E-state index is 0.229. The van der Waals surface area contributed by atoms with Crippen molar-refractivity contribution in [3.8, 4) is 6.07 Å². The van der Waals surface area contributed by atoms with Gasteiger partial charge < -0.3 is 19.9 Å². The fourth-order valence-corrected chi connectivity index (χ4v) is 3.51. The first-order chi connectivity index (χ1) is 14.3. The van der Waals surface area contributed by atoms with Gasteiger partial charge in [-0.2, -0.15) is 5.26 Å². The summed E-state index contributed by atoms with van der Waals surface area (Å²) >= 11 is 0. The zero-order chi connectivity index (χ0) is 22.1. The summed E-state index contributed by atoms with van der Waals surface area (Å²) in [6.07, 6.45) is 1.79. The van der Waals surface area contributed by atoms with Crippen LogP contribution in [0.5, 0.6) is 0 Å². The lowest BCUT2D eigenvalue weighted by atomic mass is 9.96. The molecule has 0 radical (unpaired) electrons. The number of hydrogen-bond acceptors (Lipinski definition) is 4. The van der Waals surface area contributed by atoms with Crippen molar-refractivity contribution in [3.05, 3.63) is 35.4 Å². The van der Waals surface area contributed by atoms with Crippen molar-refractivity contribution in [1.29, 1.82) is 5.26 Å². The first-order valence-corrected chi connectivity index (χ1v) is 10.7. The second-order valence-electron chi connectivity index (χ2n) is 8.66. The number of likely N-dealkylation sites (tertiary alicyclic amines) is 1. The van der Waals surface area contributed by atoms with Gasteiger partial charge in [-0.1, -0.05) is 12.1 Å². The molecule has 0 spiro atoms. The number of carbonyl (C=O) groups excluding carboxylic acids is 1. The lowest BCUT2D eigenvalue weighted by Crippen LogP contribution is -2.47. The first kappa shape index (κ1) is 23.5. The second-order valence-corrected chi connectivity index (χ2v) is 8.66. The second kappa shape index (κ2) is 10.9. The van der Waals surface area contributed by atoms with Crippen molar-refractivity contribution in [2.75, 3.05) is 33.2 Å². The Balaban J connectivity index is 1.82. The van der Waals surface area contributed by atoms with Crippen LogP contribution >= 0.6 is 0 Å². The van der Waals surface area contributed by atoms with Crippen LogP contribution in [0, 0.1) is 17.2 Å². The zero-order valence-electron chi connectivity index (χ0n) is 18.9. The number of amides is 1. The molecule has 1 saturated heterocycles. The molecule has 1 amide bonds. The molecule has 1 fully saturated rings. The summed E-state index contributed by atoms with van der Waals surface area (Å²) in [7, 11) is 1.80. The molecular weight excluding hydrogens is 378 g/mol. The molecule has 7 nitrogen and oxygen atoms in total. The number of nitrogens with one attached hydrogen (secondary N) is 1. The van der Waals surface area contributed by atoms with Crippen LogP contribution in [-0.4, -0.2) is 60.7 Å². The van der Waals surface area contributed by atoms with E-state index >= 15 is 0 Å². The van der Waals surface area contributed by atoms with Crippen molar-refractivity contribution in [2.45, 2.75) is 52.7 Å². The number of benzene rings is 1. The number of rotatable bonds is 5. The van der Waals surface area contributed by atoms with Gasteiger partial charge in [0.05, 0.1) is 11.6 Å². The van der Waals surface area contributed by atoms with E-state index in [0.29, 0.717) is 24.6 Å². The monoisotopic (exact) mass is 413 g/mol. The quantitative estimate of drug-likeness (QED) is 0.589. The maximum Gasteiger partial charge on any atom is 0.410 e. The van der Waals surface area contributed by atoms with E-state index in [1.54, 1.807) is 7.05 Å². The molecule has 0 bridgehead atoms. The molecule has 2 rings (SSSR count). The third-order valence-electron chi connectivity index (χ3n) is 5.17. The zero-order valence-corrected chi connectivity index (χ0v) is 18.9. The van der Waals surface area contributed by atoms with Crippen molar-refractivity contribution in [1.82, 2.24) is 15.1 Å². The molecule has 30 heavy (non-hydrogen) atoms. The lowest BCUT2D eigenvalue weighted by Gasteiger charge is -2.36. The SMILES string of the molecule is CCN(CC1CCN(C(=NC)NCc2ccc(C#N)cc2)CC1)C(=O)OC(C)(C)C. The smallest absolute Gasteiger partial charge is 0.410 e. The molecule has 7 heteroatoms. The molecule has 1 aromatic carbocycles. The van der Waals surface area contributed by atoms with Gasteiger partial charge in [-0.25, -0.2) is 4.79 Å². The summed E-state index contributed by atoms with van der Waals surface area (Å²) in [5.41, 5.74) is 1.31. The Kier molecular flexibility index (Phi) is 8.52. The van der Waals surface area contributed by atoms with E-state index in [9.17, 15) is 4.79 Å². The van der Waals surface area contributed by atoms with E-state index in [0.717, 1.165) is 44.0 Å². The largest absolute Gasteiger partial charge is 0.444 e. The van der Waals surface area contributed by atoms with Gasteiger partial charge in [0.1, 0.15) is 5.60 Å². The summed E-state index contributed by atoms with van der Waals surface area (Å²) in [5, 5.41) is 12.3. The minimum atomic E-state index is -0.471. The first-order valence-electron chi connectivity index (χ1n) is 10.7. The third kappa shape index (κ3) is 7.25. The lowest BCUT2D eigenvalue weighted by molar-refractivity contribution is 0.0214. The Morgan fingerprint density at radius 3 is 2.43 bits per heavy atom. The van der Waals surface area contributed by atoms with Crippen molar-refractivity contribution >= 4 is 12.1 Å². The average molecular weight is 414 g/mol. The van der Waals surface area contributed by atoms with Crippen LogP contribution in [0.2, 0.25) is 0 Å². The van der Waals surface area contributed by atoms with Gasteiger partial charge in [0.25, 0.3) is 0 Å². The number of nitriles is 1. The predicted molar refractivity (Wildman–Crippen MR) is 119 cm³/mol. The molecule has 0 aromatic heterocycles. The number of guanidine groups is 1. The van der Waals surface area contributed by atoms with Crippen LogP contribution < -0.4 is 5.32 Å². The van der Waals surface area contributed by atoms with Crippen molar-refractivity contribution in [3.63, 3.8) is 0 Å². The summed E-state index contributed by atoms with van der Waals surface area (Å²) in [5.74, 6) is 1.35. The molecule has 164 valence electrons. The van der Waals surface area contributed by atoms with Gasteiger partial charge in [-0.3, -0.25) is 4.99 Å². The molecule has 0 unspecified atom stereocenters. The average Bonchev–Trinajstić information content (AvgIpc) is 2.72. The van der Waals surface area contributed by atoms with Crippen LogP contribution in [0.15, 0.2) is 29.3 Å². The Hall–Kier alpha value is -2.75. The predicted octanol–water partition coefficient (Wildman–Crippen LogP) is 3.60. The van der Waals surface area contributed by atoms with Crippen LogP contribution in [-0.2, 0) is 11.3 Å². The highest BCUT2D eigenvalue weighted by atomic mass is 16.6. The highest BCUT2D eigenvalue weighted by molar-refractivity contribution is 5.80. The number of nitrogens with zero attached hydrogens (tertiary/aromatic N) is 4. The molecular formula is C23H35N5O2. The summed E-state index contributed by atoms with van der Waals surface area (Å²) in [6, 6.07) is 9.71. The molecule has 0 saturated carbocycles. The van der Waals surface area contributed by atoms with Gasteiger partial charge in [0.15, 0.2) is 5.96 Å². The van der Waals surface area contributed by atoms with Gasteiger partial charge in [0, 0.05) is 39.8 Å². The summed E-state index contributed by atoms with van der Waals surface area (Å²) in [4.78, 5) is 20.9. The van der Waals surface area contributed by atoms with E-state index < -0.39 is 5.60 Å². The summed E-state index contributed by atoms with van der Waals surface area (Å²) in [6.45, 7) is 11.6. The number of carbonyl (C=O) groups is 1. The minimum Gasteiger partial charge on any atom is -0.444 e. The molecule has 1 N–H and O–H groups in total. The summed E-state index contributed by atoms with van der Waals surface area (Å²) < 4.78 is 5.53. The fraction of sp³-hybridized carbons (Fsp3) is 0.609. The van der Waals surface area contributed by atoms with Gasteiger partial charge in [-0.05, 0) is 64.2 Å². The number of piperidine rings is 1. The molecule has 1 aromatic rings. The van der Waals surface area contributed by atoms with E-state index in [-0.39, 0.29) is 6.09 Å². The highest BCUT2D eigenvalue weighted by Gasteiger charge is 2.27. The van der Waals surface area contributed by atoms with Crippen LogP contribution in [0.25, 0.3) is 0 Å². The highest BCUT2D eigenvalue weighted by Crippen LogP contribution is 2.20. The van der Waals surface area contributed by atoms with E-state index in [1.807, 2.05) is 56.9 Å². The van der Waals surface area contributed by atoms with Gasteiger partial charge in [0.2, 0.25) is 0 Å². The Morgan fingerprint density at radius 2 is 1.93 bits per heavy atom. The van der Waals surface area contributed by atoms with Crippen LogP contribution in [0.1, 0.15) is 51.7 Å². The molecule has 1 heterocycles. The number of ether oxygens (including phenoxy) is 1. The van der Waals surface area contributed by atoms with E-state index in [4.69, 9.17) is 10.00 Å². The maximum absolute atomic E-state index is 12.4. The topological polar surface area (TPSA) is 81.0 Å². The van der Waals surface area contributed by atoms with Gasteiger partial charge in [-0.15, -0.1) is 0 Å². The Bertz CT molecular complexity index is 753. The van der Waals surface area contributed by atoms with E-state index in [1.165, 1.54) is 0 Å². The van der Waals surface area contributed by atoms with E-state index in [2.05, 4.69) is 21.3 Å². The van der Waals surface area contributed by atoms with Gasteiger partial charge >= 0.3 is 6.09 Å². The molecule has 1 aliphatic rings. The van der Waals surface area contributed by atoms with Crippen LogP contribution in [0.4, 0.5) is 4.79 Å². The molecule has 0 aliphatic carbocycles. The van der Waals surface area contributed by atoms with Crippen molar-refractivity contribution < 1.29 is 9.53 Å². The van der Waals surface area contributed by atoms with Crippen molar-refractivity contribution in [2.24, 2.45) is 10.9 Å².